The van der Waals surface area contributed by atoms with Crippen LogP contribution in [0.2, 0.25) is 0 Å². The predicted octanol–water partition coefficient (Wildman–Crippen LogP) is 2.61. The SMILES string of the molecule is CC(CNC(=O)CC1CCCN1)N(C)Cc1ccccc1.Cl.Cl. The summed E-state index contributed by atoms with van der Waals surface area (Å²) in [5.41, 5.74) is 1.30. The monoisotopic (exact) mass is 361 g/mol. The van der Waals surface area contributed by atoms with Crippen LogP contribution in [-0.2, 0) is 11.3 Å². The first-order valence-electron chi connectivity index (χ1n) is 7.89. The third-order valence-electron chi connectivity index (χ3n) is 4.22. The lowest BCUT2D eigenvalue weighted by Gasteiger charge is -2.25. The van der Waals surface area contributed by atoms with Gasteiger partial charge in [0.2, 0.25) is 5.91 Å². The van der Waals surface area contributed by atoms with Crippen molar-refractivity contribution in [2.45, 2.75) is 44.8 Å². The van der Waals surface area contributed by atoms with E-state index >= 15 is 0 Å². The Hall–Kier alpha value is -0.810. The topological polar surface area (TPSA) is 44.4 Å². The second-order valence-electron chi connectivity index (χ2n) is 6.05. The average Bonchev–Trinajstić information content (AvgIpc) is 2.98. The van der Waals surface area contributed by atoms with E-state index in [9.17, 15) is 4.79 Å². The zero-order chi connectivity index (χ0) is 15.1. The number of rotatable bonds is 7. The highest BCUT2D eigenvalue weighted by atomic mass is 35.5. The molecule has 1 amide bonds. The largest absolute Gasteiger partial charge is 0.354 e. The molecule has 0 saturated carbocycles. The molecule has 2 unspecified atom stereocenters. The molecule has 1 heterocycles. The predicted molar refractivity (Wildman–Crippen MR) is 101 cm³/mol. The van der Waals surface area contributed by atoms with E-state index in [-0.39, 0.29) is 30.7 Å². The molecule has 1 fully saturated rings. The van der Waals surface area contributed by atoms with Crippen LogP contribution < -0.4 is 10.6 Å². The maximum atomic E-state index is 11.9. The van der Waals surface area contributed by atoms with Gasteiger partial charge in [0.05, 0.1) is 0 Å². The quantitative estimate of drug-likeness (QED) is 0.784. The first-order valence-corrected chi connectivity index (χ1v) is 7.89. The number of hydrogen-bond acceptors (Lipinski definition) is 3. The van der Waals surface area contributed by atoms with Gasteiger partial charge in [-0.1, -0.05) is 30.3 Å². The highest BCUT2D eigenvalue weighted by Gasteiger charge is 2.18. The zero-order valence-electron chi connectivity index (χ0n) is 14.0. The summed E-state index contributed by atoms with van der Waals surface area (Å²) >= 11 is 0. The van der Waals surface area contributed by atoms with Gasteiger partial charge in [-0.3, -0.25) is 9.69 Å². The number of hydrogen-bond donors (Lipinski definition) is 2. The second kappa shape index (κ2) is 11.7. The van der Waals surface area contributed by atoms with Crippen LogP contribution in [0.15, 0.2) is 30.3 Å². The van der Waals surface area contributed by atoms with Gasteiger partial charge < -0.3 is 10.6 Å². The smallest absolute Gasteiger partial charge is 0.221 e. The van der Waals surface area contributed by atoms with Gasteiger partial charge in [0, 0.05) is 31.6 Å². The molecule has 1 aromatic carbocycles. The number of likely N-dealkylation sites (N-methyl/N-ethyl adjacent to an activating group) is 1. The summed E-state index contributed by atoms with van der Waals surface area (Å²) in [4.78, 5) is 14.2. The van der Waals surface area contributed by atoms with E-state index in [1.165, 1.54) is 12.0 Å². The molecule has 6 heteroatoms. The molecule has 0 radical (unpaired) electrons. The van der Waals surface area contributed by atoms with Gasteiger partial charge in [-0.15, -0.1) is 24.8 Å². The van der Waals surface area contributed by atoms with Gasteiger partial charge in [0.1, 0.15) is 0 Å². The van der Waals surface area contributed by atoms with E-state index in [1.54, 1.807) is 0 Å². The van der Waals surface area contributed by atoms with Crippen LogP contribution in [0.3, 0.4) is 0 Å². The Kier molecular flexibility index (Phi) is 11.3. The molecule has 0 aromatic heterocycles. The fourth-order valence-electron chi connectivity index (χ4n) is 2.67. The van der Waals surface area contributed by atoms with Crippen molar-refractivity contribution in [2.24, 2.45) is 0 Å². The van der Waals surface area contributed by atoms with Crippen LogP contribution in [0.25, 0.3) is 0 Å². The maximum Gasteiger partial charge on any atom is 0.221 e. The molecule has 2 rings (SSSR count). The average molecular weight is 362 g/mol. The third kappa shape index (κ3) is 8.02. The molecule has 2 N–H and O–H groups in total. The molecule has 0 bridgehead atoms. The van der Waals surface area contributed by atoms with Crippen molar-refractivity contribution in [1.29, 1.82) is 0 Å². The molecule has 2 atom stereocenters. The van der Waals surface area contributed by atoms with Crippen LogP contribution in [0.5, 0.6) is 0 Å². The molecule has 0 aliphatic carbocycles. The molecule has 23 heavy (non-hydrogen) atoms. The summed E-state index contributed by atoms with van der Waals surface area (Å²) in [6.07, 6.45) is 2.92. The first-order chi connectivity index (χ1) is 10.1. The molecule has 1 aliphatic rings. The molecule has 1 aromatic rings. The fraction of sp³-hybridized carbons (Fsp3) is 0.588. The zero-order valence-corrected chi connectivity index (χ0v) is 15.6. The maximum absolute atomic E-state index is 11.9. The lowest BCUT2D eigenvalue weighted by Crippen LogP contribution is -2.41. The van der Waals surface area contributed by atoms with Crippen molar-refractivity contribution in [3.05, 3.63) is 35.9 Å². The van der Waals surface area contributed by atoms with Gasteiger partial charge in [-0.2, -0.15) is 0 Å². The highest BCUT2D eigenvalue weighted by molar-refractivity contribution is 5.85. The minimum absolute atomic E-state index is 0. The fourth-order valence-corrected chi connectivity index (χ4v) is 2.67. The van der Waals surface area contributed by atoms with E-state index in [0.717, 1.165) is 19.5 Å². The molecule has 132 valence electrons. The van der Waals surface area contributed by atoms with Crippen LogP contribution >= 0.6 is 24.8 Å². The van der Waals surface area contributed by atoms with E-state index in [1.807, 2.05) is 6.07 Å². The van der Waals surface area contributed by atoms with Gasteiger partial charge in [-0.25, -0.2) is 0 Å². The van der Waals surface area contributed by atoms with Crippen LogP contribution in [-0.4, -0.2) is 43.0 Å². The van der Waals surface area contributed by atoms with Crippen molar-refractivity contribution < 1.29 is 4.79 Å². The van der Waals surface area contributed by atoms with Crippen LogP contribution in [0.4, 0.5) is 0 Å². The summed E-state index contributed by atoms with van der Waals surface area (Å²) in [7, 11) is 2.10. The summed E-state index contributed by atoms with van der Waals surface area (Å²) < 4.78 is 0. The van der Waals surface area contributed by atoms with Crippen molar-refractivity contribution in [2.75, 3.05) is 20.1 Å². The van der Waals surface area contributed by atoms with E-state index in [4.69, 9.17) is 0 Å². The first kappa shape index (κ1) is 22.2. The minimum atomic E-state index is 0. The Labute approximate surface area is 152 Å². The molecule has 0 spiro atoms. The number of carbonyl (C=O) groups is 1. The number of amides is 1. The van der Waals surface area contributed by atoms with E-state index < -0.39 is 0 Å². The number of carbonyl (C=O) groups excluding carboxylic acids is 1. The Bertz CT molecular complexity index is 439. The molecule has 1 aliphatic heterocycles. The van der Waals surface area contributed by atoms with Crippen molar-refractivity contribution in [1.82, 2.24) is 15.5 Å². The Morgan fingerprint density at radius 1 is 1.35 bits per heavy atom. The normalized spacial score (nSPS) is 18.0. The van der Waals surface area contributed by atoms with E-state index in [2.05, 4.69) is 53.8 Å². The lowest BCUT2D eigenvalue weighted by atomic mass is 10.1. The standard InChI is InChI=1S/C17H27N3O.2ClH/c1-14(20(2)13-15-7-4-3-5-8-15)12-19-17(21)11-16-9-6-10-18-16;;/h3-5,7-8,14,16,18H,6,9-13H2,1-2H3,(H,19,21);2*1H. The van der Waals surface area contributed by atoms with Crippen molar-refractivity contribution in [3.63, 3.8) is 0 Å². The molecule has 4 nitrogen and oxygen atoms in total. The molecular formula is C17H29Cl2N3O. The number of benzene rings is 1. The minimum Gasteiger partial charge on any atom is -0.354 e. The third-order valence-corrected chi connectivity index (χ3v) is 4.22. The lowest BCUT2D eigenvalue weighted by molar-refractivity contribution is -0.121. The Morgan fingerprint density at radius 2 is 2.04 bits per heavy atom. The summed E-state index contributed by atoms with van der Waals surface area (Å²) in [6.45, 7) is 4.81. The van der Waals surface area contributed by atoms with Gasteiger partial charge in [0.25, 0.3) is 0 Å². The Balaban J connectivity index is 0.00000242. The van der Waals surface area contributed by atoms with Gasteiger partial charge in [-0.05, 0) is 38.9 Å². The molecule has 1 saturated heterocycles. The van der Waals surface area contributed by atoms with E-state index in [0.29, 0.717) is 25.0 Å². The summed E-state index contributed by atoms with van der Waals surface area (Å²) in [5, 5.41) is 6.41. The Morgan fingerprint density at radius 3 is 2.65 bits per heavy atom. The summed E-state index contributed by atoms with van der Waals surface area (Å²) in [5.74, 6) is 0.161. The summed E-state index contributed by atoms with van der Waals surface area (Å²) in [6, 6.07) is 11.1. The number of halogens is 2. The van der Waals surface area contributed by atoms with Crippen LogP contribution in [0, 0.1) is 0 Å². The number of nitrogens with zero attached hydrogens (tertiary/aromatic N) is 1. The second-order valence-corrected chi connectivity index (χ2v) is 6.05. The highest BCUT2D eigenvalue weighted by Crippen LogP contribution is 2.09. The van der Waals surface area contributed by atoms with Crippen LogP contribution in [0.1, 0.15) is 31.7 Å². The van der Waals surface area contributed by atoms with Gasteiger partial charge >= 0.3 is 0 Å². The number of nitrogens with one attached hydrogen (secondary N) is 2. The van der Waals surface area contributed by atoms with Crippen molar-refractivity contribution in [3.8, 4) is 0 Å². The van der Waals surface area contributed by atoms with Gasteiger partial charge in [0.15, 0.2) is 0 Å². The molecular weight excluding hydrogens is 333 g/mol. The van der Waals surface area contributed by atoms with Crippen molar-refractivity contribution >= 4 is 30.7 Å².